The van der Waals surface area contributed by atoms with Crippen LogP contribution in [0.3, 0.4) is 0 Å². The van der Waals surface area contributed by atoms with Crippen LogP contribution in [-0.4, -0.2) is 74.4 Å². The highest BCUT2D eigenvalue weighted by molar-refractivity contribution is 8.15. The van der Waals surface area contributed by atoms with Crippen LogP contribution in [0.1, 0.15) is 10.4 Å². The number of fused-ring (bicyclic) bond motifs is 1. The van der Waals surface area contributed by atoms with Crippen molar-refractivity contribution in [1.82, 2.24) is 10.2 Å². The summed E-state index contributed by atoms with van der Waals surface area (Å²) in [7, 11) is 0.983. The molecular weight excluding hydrogens is 360 g/mol. The van der Waals surface area contributed by atoms with Gasteiger partial charge in [-0.3, -0.25) is 9.79 Å². The number of benzene rings is 1. The van der Waals surface area contributed by atoms with E-state index in [9.17, 15) is 13.2 Å². The average Bonchev–Trinajstić information content (AvgIpc) is 3.00. The molecule has 0 saturated carbocycles. The first-order chi connectivity index (χ1) is 11.8. The van der Waals surface area contributed by atoms with Gasteiger partial charge in [-0.2, -0.15) is 0 Å². The summed E-state index contributed by atoms with van der Waals surface area (Å²) in [6, 6.07) is 7.04. The Hall–Kier alpha value is -1.58. The summed E-state index contributed by atoms with van der Waals surface area (Å²) in [6.45, 7) is 1.39. The number of nitrogens with zero attached hydrogens (tertiary/aromatic N) is 2. The number of sulfone groups is 1. The lowest BCUT2D eigenvalue weighted by Crippen LogP contribution is -2.31. The van der Waals surface area contributed by atoms with Crippen LogP contribution < -0.4 is 10.6 Å². The number of hydrogen-bond donors (Lipinski definition) is 2. The molecule has 136 valence electrons. The first-order valence-electron chi connectivity index (χ1n) is 8.07. The standard InChI is InChI=1S/C16H22N4O3S2/c1-20(2)8-7-17-15(21)11-3-5-12(6-4-11)18-16-19-13-9-25(22,23)10-14(13)24-16/h3-6,13-14H,7-10H2,1-2H3,(H,17,21)(H,18,19)/t13-,14+/m0/s1. The Morgan fingerprint density at radius 3 is 2.64 bits per heavy atom. The molecule has 1 aromatic carbocycles. The molecule has 2 N–H and O–H groups in total. The number of carbonyl (C=O) groups excluding carboxylic acids is 1. The minimum absolute atomic E-state index is 0.0225. The summed E-state index contributed by atoms with van der Waals surface area (Å²) in [5.41, 5.74) is 1.44. The van der Waals surface area contributed by atoms with Gasteiger partial charge in [0.2, 0.25) is 0 Å². The monoisotopic (exact) mass is 382 g/mol. The Morgan fingerprint density at radius 1 is 1.28 bits per heavy atom. The number of thioether (sulfide) groups is 1. The maximum absolute atomic E-state index is 12.0. The molecule has 1 aromatic rings. The van der Waals surface area contributed by atoms with Crippen molar-refractivity contribution in [2.75, 3.05) is 44.0 Å². The number of anilines is 1. The lowest BCUT2D eigenvalue weighted by atomic mass is 10.2. The van der Waals surface area contributed by atoms with Crippen LogP contribution in [0.2, 0.25) is 0 Å². The SMILES string of the molecule is CN(C)CCNC(=O)c1ccc(NC2=N[C@H]3CS(=O)(=O)C[C@H]3S2)cc1. The molecule has 0 spiro atoms. The average molecular weight is 383 g/mol. The van der Waals surface area contributed by atoms with Crippen molar-refractivity contribution in [3.8, 4) is 0 Å². The first-order valence-corrected chi connectivity index (χ1v) is 10.8. The highest BCUT2D eigenvalue weighted by Crippen LogP contribution is 2.34. The predicted molar refractivity (Wildman–Crippen MR) is 102 cm³/mol. The number of aliphatic imine (C=N–C) groups is 1. The third kappa shape index (κ3) is 4.74. The molecule has 0 radical (unpaired) electrons. The largest absolute Gasteiger partial charge is 0.351 e. The molecule has 0 aromatic heterocycles. The van der Waals surface area contributed by atoms with E-state index in [2.05, 4.69) is 15.6 Å². The van der Waals surface area contributed by atoms with Crippen molar-refractivity contribution in [1.29, 1.82) is 0 Å². The summed E-state index contributed by atoms with van der Waals surface area (Å²) in [5, 5.41) is 6.84. The number of rotatable bonds is 5. The van der Waals surface area contributed by atoms with E-state index in [-0.39, 0.29) is 28.7 Å². The van der Waals surface area contributed by atoms with Crippen LogP contribution in [0.5, 0.6) is 0 Å². The highest BCUT2D eigenvalue weighted by Gasteiger charge is 2.42. The summed E-state index contributed by atoms with van der Waals surface area (Å²) in [4.78, 5) is 18.5. The lowest BCUT2D eigenvalue weighted by molar-refractivity contribution is 0.0951. The molecular formula is C16H22N4O3S2. The third-order valence-corrected chi connectivity index (χ3v) is 7.20. The molecule has 0 bridgehead atoms. The molecule has 2 atom stereocenters. The summed E-state index contributed by atoms with van der Waals surface area (Å²) >= 11 is 1.48. The van der Waals surface area contributed by atoms with Crippen LogP contribution in [0.25, 0.3) is 0 Å². The van der Waals surface area contributed by atoms with Gasteiger partial charge >= 0.3 is 0 Å². The van der Waals surface area contributed by atoms with Crippen molar-refractivity contribution in [2.24, 2.45) is 4.99 Å². The predicted octanol–water partition coefficient (Wildman–Crippen LogP) is 0.658. The van der Waals surface area contributed by atoms with Crippen molar-refractivity contribution in [3.63, 3.8) is 0 Å². The van der Waals surface area contributed by atoms with E-state index in [1.807, 2.05) is 31.1 Å². The molecule has 2 heterocycles. The molecule has 2 aliphatic rings. The van der Waals surface area contributed by atoms with Crippen molar-refractivity contribution >= 4 is 38.4 Å². The fourth-order valence-electron chi connectivity index (χ4n) is 2.74. The maximum atomic E-state index is 12.0. The van der Waals surface area contributed by atoms with Gasteiger partial charge in [0.1, 0.15) is 0 Å². The van der Waals surface area contributed by atoms with E-state index in [4.69, 9.17) is 0 Å². The fraction of sp³-hybridized carbons (Fsp3) is 0.500. The zero-order chi connectivity index (χ0) is 18.0. The van der Waals surface area contributed by atoms with Crippen LogP contribution in [-0.2, 0) is 9.84 Å². The molecule has 25 heavy (non-hydrogen) atoms. The number of nitrogens with one attached hydrogen (secondary N) is 2. The van der Waals surface area contributed by atoms with E-state index < -0.39 is 9.84 Å². The summed E-state index contributed by atoms with van der Waals surface area (Å²) < 4.78 is 23.2. The Balaban J connectivity index is 1.54. The summed E-state index contributed by atoms with van der Waals surface area (Å²) in [5.74, 6) is 0.242. The van der Waals surface area contributed by atoms with Crippen molar-refractivity contribution in [3.05, 3.63) is 29.8 Å². The van der Waals surface area contributed by atoms with Gasteiger partial charge in [-0.25, -0.2) is 8.42 Å². The van der Waals surface area contributed by atoms with Crippen LogP contribution in [0, 0.1) is 0 Å². The fourth-order valence-corrected chi connectivity index (χ4v) is 6.42. The van der Waals surface area contributed by atoms with Crippen molar-refractivity contribution < 1.29 is 13.2 Å². The highest BCUT2D eigenvalue weighted by atomic mass is 32.2. The van der Waals surface area contributed by atoms with E-state index in [0.717, 1.165) is 17.4 Å². The van der Waals surface area contributed by atoms with Gasteiger partial charge in [0, 0.05) is 29.6 Å². The molecule has 7 nitrogen and oxygen atoms in total. The van der Waals surface area contributed by atoms with Crippen LogP contribution in [0.15, 0.2) is 29.3 Å². The van der Waals surface area contributed by atoms with E-state index in [1.54, 1.807) is 12.1 Å². The van der Waals surface area contributed by atoms with Gasteiger partial charge in [-0.15, -0.1) is 0 Å². The summed E-state index contributed by atoms with van der Waals surface area (Å²) in [6.07, 6.45) is 0. The second-order valence-corrected chi connectivity index (χ2v) is 9.88. The second-order valence-electron chi connectivity index (χ2n) is 6.50. The number of carbonyl (C=O) groups is 1. The number of hydrogen-bond acceptors (Lipinski definition) is 7. The smallest absolute Gasteiger partial charge is 0.251 e. The number of amides is 1. The normalized spacial score (nSPS) is 24.0. The first kappa shape index (κ1) is 18.2. The van der Waals surface area contributed by atoms with Gasteiger partial charge in [-0.05, 0) is 38.4 Å². The van der Waals surface area contributed by atoms with Gasteiger partial charge in [0.25, 0.3) is 5.91 Å². The Kier molecular flexibility index (Phi) is 5.35. The van der Waals surface area contributed by atoms with Gasteiger partial charge < -0.3 is 15.5 Å². The zero-order valence-corrected chi connectivity index (χ0v) is 15.9. The molecule has 0 aliphatic carbocycles. The molecule has 1 amide bonds. The molecule has 3 rings (SSSR count). The topological polar surface area (TPSA) is 90.9 Å². The molecule has 9 heteroatoms. The Labute approximate surface area is 152 Å². The molecule has 1 fully saturated rings. The van der Waals surface area contributed by atoms with Gasteiger partial charge in [0.05, 0.1) is 17.5 Å². The van der Waals surface area contributed by atoms with E-state index in [0.29, 0.717) is 12.1 Å². The third-order valence-electron chi connectivity index (χ3n) is 4.06. The Morgan fingerprint density at radius 2 is 2.00 bits per heavy atom. The molecule has 0 unspecified atom stereocenters. The van der Waals surface area contributed by atoms with Crippen LogP contribution >= 0.6 is 11.8 Å². The van der Waals surface area contributed by atoms with E-state index in [1.165, 1.54) is 11.8 Å². The zero-order valence-electron chi connectivity index (χ0n) is 14.2. The number of amidine groups is 1. The van der Waals surface area contributed by atoms with E-state index >= 15 is 0 Å². The molecule has 2 aliphatic heterocycles. The molecule has 1 saturated heterocycles. The Bertz CT molecular complexity index is 775. The van der Waals surface area contributed by atoms with Gasteiger partial charge in [-0.1, -0.05) is 11.8 Å². The maximum Gasteiger partial charge on any atom is 0.251 e. The minimum atomic E-state index is -2.93. The second kappa shape index (κ2) is 7.35. The van der Waals surface area contributed by atoms with Crippen LogP contribution in [0.4, 0.5) is 5.69 Å². The minimum Gasteiger partial charge on any atom is -0.351 e. The van der Waals surface area contributed by atoms with Gasteiger partial charge in [0.15, 0.2) is 15.0 Å². The van der Waals surface area contributed by atoms with Crippen molar-refractivity contribution in [2.45, 2.75) is 11.3 Å². The lowest BCUT2D eigenvalue weighted by Gasteiger charge is -2.11. The number of likely N-dealkylation sites (N-methyl/N-ethyl adjacent to an activating group) is 1. The quantitative estimate of drug-likeness (QED) is 0.777.